The number of aromatic nitrogens is 2. The predicted octanol–water partition coefficient (Wildman–Crippen LogP) is 2.53. The van der Waals surface area contributed by atoms with E-state index < -0.39 is 16.3 Å². The SMILES string of the molecule is Cc1noc(C)c1-c1cc(C(N)O)c2c(c1)c1ccc(C(=O)N(C)C)cc1n2S(C)(=O)=O. The van der Waals surface area contributed by atoms with E-state index in [0.717, 1.165) is 15.8 Å². The lowest BCUT2D eigenvalue weighted by atomic mass is 9.97. The Morgan fingerprint density at radius 1 is 1.19 bits per heavy atom. The Kier molecular flexibility index (Phi) is 5.11. The second-order valence-corrected chi connectivity index (χ2v) is 9.90. The first-order valence-electron chi connectivity index (χ1n) is 9.83. The van der Waals surface area contributed by atoms with Crippen LogP contribution >= 0.6 is 0 Å². The van der Waals surface area contributed by atoms with Crippen LogP contribution in [0, 0.1) is 13.8 Å². The topological polar surface area (TPSA) is 132 Å². The maximum Gasteiger partial charge on any atom is 0.253 e. The summed E-state index contributed by atoms with van der Waals surface area (Å²) in [7, 11) is -0.575. The van der Waals surface area contributed by atoms with E-state index in [1.807, 2.05) is 6.07 Å². The number of aliphatic hydroxyl groups is 1. The summed E-state index contributed by atoms with van der Waals surface area (Å²) in [6.45, 7) is 3.57. The van der Waals surface area contributed by atoms with Crippen LogP contribution in [-0.4, -0.2) is 53.8 Å². The van der Waals surface area contributed by atoms with Crippen LogP contribution in [0.4, 0.5) is 0 Å². The van der Waals surface area contributed by atoms with Crippen LogP contribution in [0.5, 0.6) is 0 Å². The Morgan fingerprint density at radius 3 is 2.41 bits per heavy atom. The first kappa shape index (κ1) is 22.0. The molecule has 9 nitrogen and oxygen atoms in total. The molecule has 0 saturated heterocycles. The van der Waals surface area contributed by atoms with Gasteiger partial charge in [-0.25, -0.2) is 12.4 Å². The number of carbonyl (C=O) groups excluding carboxylic acids is 1. The summed E-state index contributed by atoms with van der Waals surface area (Å²) in [5.74, 6) is 0.331. The number of nitrogens with zero attached hydrogens (tertiary/aromatic N) is 3. The highest BCUT2D eigenvalue weighted by atomic mass is 32.2. The van der Waals surface area contributed by atoms with E-state index >= 15 is 0 Å². The van der Waals surface area contributed by atoms with Gasteiger partial charge in [-0.1, -0.05) is 11.2 Å². The number of aryl methyl sites for hydroxylation is 2. The molecule has 1 amide bonds. The number of carbonyl (C=O) groups is 1. The van der Waals surface area contributed by atoms with Crippen molar-refractivity contribution in [3.63, 3.8) is 0 Å². The fourth-order valence-electron chi connectivity index (χ4n) is 4.14. The zero-order valence-corrected chi connectivity index (χ0v) is 19.2. The van der Waals surface area contributed by atoms with Crippen molar-refractivity contribution in [3.8, 4) is 11.1 Å². The molecule has 0 spiro atoms. The highest BCUT2D eigenvalue weighted by molar-refractivity contribution is 7.89. The van der Waals surface area contributed by atoms with Gasteiger partial charge in [0.05, 0.1) is 23.0 Å². The molecule has 3 N–H and O–H groups in total. The zero-order chi connectivity index (χ0) is 23.5. The average molecular weight is 457 g/mol. The van der Waals surface area contributed by atoms with Crippen molar-refractivity contribution >= 4 is 37.7 Å². The number of nitrogens with two attached hydrogens (primary N) is 1. The fourth-order valence-corrected chi connectivity index (χ4v) is 5.18. The van der Waals surface area contributed by atoms with Gasteiger partial charge in [-0.3, -0.25) is 4.79 Å². The molecule has 0 aliphatic carbocycles. The molecule has 0 bridgehead atoms. The third-order valence-corrected chi connectivity index (χ3v) is 6.52. The van der Waals surface area contributed by atoms with E-state index in [9.17, 15) is 18.3 Å². The van der Waals surface area contributed by atoms with Crippen LogP contribution in [0.25, 0.3) is 32.9 Å². The molecular formula is C22H24N4O5S. The second kappa shape index (κ2) is 7.44. The third kappa shape index (κ3) is 3.36. The van der Waals surface area contributed by atoms with Crippen LogP contribution < -0.4 is 5.73 Å². The summed E-state index contributed by atoms with van der Waals surface area (Å²) < 4.78 is 32.1. The van der Waals surface area contributed by atoms with Gasteiger partial charge in [0.2, 0.25) is 10.0 Å². The minimum Gasteiger partial charge on any atom is -0.374 e. The Bertz CT molecular complexity index is 1480. The van der Waals surface area contributed by atoms with Gasteiger partial charge < -0.3 is 20.3 Å². The fraction of sp³-hybridized carbons (Fsp3) is 0.273. The van der Waals surface area contributed by atoms with Gasteiger partial charge in [-0.15, -0.1) is 0 Å². The van der Waals surface area contributed by atoms with Crippen molar-refractivity contribution in [1.29, 1.82) is 0 Å². The van der Waals surface area contributed by atoms with Crippen LogP contribution in [0.1, 0.15) is 33.6 Å². The smallest absolute Gasteiger partial charge is 0.253 e. The molecule has 0 aliphatic rings. The van der Waals surface area contributed by atoms with Crippen molar-refractivity contribution < 1.29 is 22.8 Å². The van der Waals surface area contributed by atoms with Gasteiger partial charge in [0.25, 0.3) is 5.91 Å². The molecule has 0 radical (unpaired) electrons. The summed E-state index contributed by atoms with van der Waals surface area (Å²) >= 11 is 0. The monoisotopic (exact) mass is 456 g/mol. The normalized spacial score (nSPS) is 13.1. The standard InChI is InChI=1S/C22H24N4O5S/c1-11-19(12(2)31-24-11)14-8-16-15-7-6-13(22(28)25(3)4)10-18(15)26(32(5,29)30)20(16)17(9-14)21(23)27/h6-10,21,27H,23H2,1-5H3. The number of fused-ring (bicyclic) bond motifs is 3. The molecule has 0 saturated carbocycles. The molecule has 0 fully saturated rings. The largest absolute Gasteiger partial charge is 0.374 e. The summed E-state index contributed by atoms with van der Waals surface area (Å²) in [5, 5.41) is 15.6. The number of rotatable bonds is 4. The summed E-state index contributed by atoms with van der Waals surface area (Å²) in [4.78, 5) is 13.9. The first-order valence-corrected chi connectivity index (χ1v) is 11.7. The lowest BCUT2D eigenvalue weighted by Gasteiger charge is -2.13. The molecule has 10 heteroatoms. The maximum absolute atomic E-state index is 12.9. The van der Waals surface area contributed by atoms with E-state index in [2.05, 4.69) is 5.16 Å². The van der Waals surface area contributed by atoms with Gasteiger partial charge in [0.1, 0.15) is 12.0 Å². The summed E-state index contributed by atoms with van der Waals surface area (Å²) in [6, 6.07) is 8.37. The van der Waals surface area contributed by atoms with E-state index in [1.165, 1.54) is 4.90 Å². The molecule has 4 aromatic rings. The molecular weight excluding hydrogens is 432 g/mol. The van der Waals surface area contributed by atoms with E-state index in [1.54, 1.807) is 52.2 Å². The third-order valence-electron chi connectivity index (χ3n) is 5.47. The minimum absolute atomic E-state index is 0.236. The quantitative estimate of drug-likeness (QED) is 0.451. The lowest BCUT2D eigenvalue weighted by molar-refractivity contribution is 0.0827. The van der Waals surface area contributed by atoms with Crippen LogP contribution in [-0.2, 0) is 10.0 Å². The summed E-state index contributed by atoms with van der Waals surface area (Å²) in [6.07, 6.45) is -0.369. The van der Waals surface area contributed by atoms with Gasteiger partial charge in [0.15, 0.2) is 0 Å². The highest BCUT2D eigenvalue weighted by Gasteiger charge is 2.25. The minimum atomic E-state index is -3.82. The maximum atomic E-state index is 12.9. The van der Waals surface area contributed by atoms with E-state index in [0.29, 0.717) is 38.9 Å². The number of amides is 1. The summed E-state index contributed by atoms with van der Waals surface area (Å²) in [5.41, 5.74) is 9.14. The van der Waals surface area contributed by atoms with Crippen molar-refractivity contribution in [2.45, 2.75) is 20.1 Å². The molecule has 2 aromatic carbocycles. The molecule has 0 aliphatic heterocycles. The Morgan fingerprint density at radius 2 is 1.88 bits per heavy atom. The van der Waals surface area contributed by atoms with Gasteiger partial charge in [0, 0.05) is 41.6 Å². The van der Waals surface area contributed by atoms with Crippen molar-refractivity contribution in [3.05, 3.63) is 52.9 Å². The first-order chi connectivity index (χ1) is 14.9. The molecule has 4 rings (SSSR count). The Balaban J connectivity index is 2.20. The van der Waals surface area contributed by atoms with Crippen molar-refractivity contribution in [2.24, 2.45) is 5.73 Å². The van der Waals surface area contributed by atoms with Gasteiger partial charge in [-0.05, 0) is 43.7 Å². The van der Waals surface area contributed by atoms with Crippen LogP contribution in [0.15, 0.2) is 34.9 Å². The van der Waals surface area contributed by atoms with Crippen molar-refractivity contribution in [2.75, 3.05) is 20.4 Å². The van der Waals surface area contributed by atoms with Crippen LogP contribution in [0.2, 0.25) is 0 Å². The number of aliphatic hydroxyl groups excluding tert-OH is 1. The number of hydrogen-bond donors (Lipinski definition) is 2. The van der Waals surface area contributed by atoms with Gasteiger partial charge >= 0.3 is 0 Å². The zero-order valence-electron chi connectivity index (χ0n) is 18.4. The van der Waals surface area contributed by atoms with Crippen LogP contribution in [0.3, 0.4) is 0 Å². The molecule has 1 atom stereocenters. The molecule has 2 heterocycles. The van der Waals surface area contributed by atoms with Crippen molar-refractivity contribution in [1.82, 2.24) is 14.0 Å². The molecule has 1 unspecified atom stereocenters. The lowest BCUT2D eigenvalue weighted by Crippen LogP contribution is -2.21. The average Bonchev–Trinajstić information content (AvgIpc) is 3.22. The number of benzene rings is 2. The Labute approximate surface area is 185 Å². The highest BCUT2D eigenvalue weighted by Crippen LogP contribution is 2.39. The second-order valence-electron chi connectivity index (χ2n) is 8.06. The predicted molar refractivity (Wildman–Crippen MR) is 122 cm³/mol. The van der Waals surface area contributed by atoms with Gasteiger partial charge in [-0.2, -0.15) is 0 Å². The van der Waals surface area contributed by atoms with E-state index in [4.69, 9.17) is 10.3 Å². The molecule has 2 aromatic heterocycles. The van der Waals surface area contributed by atoms with E-state index in [-0.39, 0.29) is 17.0 Å². The number of hydrogen-bond acceptors (Lipinski definition) is 7. The Hall–Kier alpha value is -3.21. The molecule has 168 valence electrons. The molecule has 32 heavy (non-hydrogen) atoms.